The Balaban J connectivity index is 4.97. The second-order valence-corrected chi connectivity index (χ2v) is 44.3. The van der Waals surface area contributed by atoms with E-state index in [-0.39, 0.29) is 5.97 Å². The predicted molar refractivity (Wildman–Crippen MR) is 260 cm³/mol. The number of carbonyl (C=O) groups excluding carboxylic acids is 1. The predicted octanol–water partition coefficient (Wildman–Crippen LogP) is 18.3. The van der Waals surface area contributed by atoms with Crippen LogP contribution in [0.5, 0.6) is 0 Å². The third kappa shape index (κ3) is 27.9. The van der Waals surface area contributed by atoms with E-state index in [0.29, 0.717) is 13.0 Å². The molecule has 0 heterocycles. The SMILES string of the molecule is CCCCCCCCCCCCCCC(C(CCCC(C(CCCCCCCCCCCCC(=O)OCC)[Si](C)(C)C)[Si](C)(C)C)[Si](C)(C)C)[Si](C)(C)C. The Hall–Kier alpha value is 0.338. The Morgan fingerprint density at radius 1 is 0.352 bits per heavy atom. The van der Waals surface area contributed by atoms with Gasteiger partial charge in [-0.2, -0.15) is 0 Å². The summed E-state index contributed by atoms with van der Waals surface area (Å²) in [6.07, 6.45) is 38.9. The first-order valence-electron chi connectivity index (χ1n) is 24.4. The van der Waals surface area contributed by atoms with Gasteiger partial charge in [-0.3, -0.25) is 4.79 Å². The zero-order valence-corrected chi connectivity index (χ0v) is 44.1. The van der Waals surface area contributed by atoms with Gasteiger partial charge in [0.05, 0.1) is 6.61 Å². The monoisotopic (exact) mass is 825 g/mol. The Morgan fingerprint density at radius 2 is 0.593 bits per heavy atom. The Morgan fingerprint density at radius 3 is 0.852 bits per heavy atom. The molecule has 4 atom stereocenters. The fourth-order valence-electron chi connectivity index (χ4n) is 9.99. The van der Waals surface area contributed by atoms with Gasteiger partial charge in [0.25, 0.3) is 0 Å². The van der Waals surface area contributed by atoms with Crippen LogP contribution in [0.25, 0.3) is 0 Å². The molecule has 324 valence electrons. The van der Waals surface area contributed by atoms with E-state index < -0.39 is 32.3 Å². The third-order valence-electron chi connectivity index (χ3n) is 13.3. The minimum absolute atomic E-state index is 0.0216. The minimum Gasteiger partial charge on any atom is -0.466 e. The zero-order valence-electron chi connectivity index (χ0n) is 40.1. The maximum Gasteiger partial charge on any atom is 0.305 e. The van der Waals surface area contributed by atoms with Crippen molar-refractivity contribution >= 4 is 38.3 Å². The molecule has 0 bridgehead atoms. The van der Waals surface area contributed by atoms with E-state index in [4.69, 9.17) is 4.74 Å². The molecule has 0 aliphatic rings. The van der Waals surface area contributed by atoms with E-state index in [1.54, 1.807) is 0 Å². The van der Waals surface area contributed by atoms with Crippen LogP contribution in [-0.2, 0) is 9.53 Å². The van der Waals surface area contributed by atoms with Crippen LogP contribution in [0, 0.1) is 0 Å². The van der Waals surface area contributed by atoms with E-state index in [9.17, 15) is 4.79 Å². The van der Waals surface area contributed by atoms with Crippen molar-refractivity contribution in [3.05, 3.63) is 0 Å². The number of unbranched alkanes of at least 4 members (excludes halogenated alkanes) is 20. The first-order chi connectivity index (χ1) is 25.3. The van der Waals surface area contributed by atoms with Crippen LogP contribution in [0.1, 0.15) is 194 Å². The molecule has 6 heteroatoms. The fourth-order valence-corrected chi connectivity index (χ4v) is 25.8. The van der Waals surface area contributed by atoms with Crippen molar-refractivity contribution < 1.29 is 9.53 Å². The van der Waals surface area contributed by atoms with E-state index in [1.165, 1.54) is 167 Å². The van der Waals surface area contributed by atoms with Crippen LogP contribution in [0.15, 0.2) is 0 Å². The van der Waals surface area contributed by atoms with Gasteiger partial charge in [-0.25, -0.2) is 0 Å². The lowest BCUT2D eigenvalue weighted by Gasteiger charge is -2.45. The number of rotatable bonds is 37. The highest BCUT2D eigenvalue weighted by Crippen LogP contribution is 2.51. The molecule has 0 spiro atoms. The Labute approximate surface area is 347 Å². The maximum atomic E-state index is 11.5. The van der Waals surface area contributed by atoms with E-state index >= 15 is 0 Å². The molecule has 0 N–H and O–H groups in total. The lowest BCUT2D eigenvalue weighted by Crippen LogP contribution is -2.42. The molecular weight excluding hydrogens is 721 g/mol. The molecule has 4 unspecified atom stereocenters. The van der Waals surface area contributed by atoms with Gasteiger partial charge in [-0.15, -0.1) is 0 Å². The summed E-state index contributed by atoms with van der Waals surface area (Å²) >= 11 is 0. The highest BCUT2D eigenvalue weighted by Gasteiger charge is 2.42. The van der Waals surface area contributed by atoms with Gasteiger partial charge in [0.1, 0.15) is 0 Å². The molecule has 54 heavy (non-hydrogen) atoms. The summed E-state index contributed by atoms with van der Waals surface area (Å²) in [6.45, 7) is 37.3. The molecule has 0 saturated carbocycles. The number of esters is 1. The summed E-state index contributed by atoms with van der Waals surface area (Å²) in [5, 5.41) is 0. The molecular formula is C48H104O2Si4. The van der Waals surface area contributed by atoms with Crippen LogP contribution in [-0.4, -0.2) is 44.9 Å². The number of ether oxygens (including phenoxy) is 1. The number of carbonyl (C=O) groups is 1. The van der Waals surface area contributed by atoms with Gasteiger partial charge in [0.15, 0.2) is 0 Å². The quantitative estimate of drug-likeness (QED) is 0.0354. The van der Waals surface area contributed by atoms with Crippen molar-refractivity contribution in [1.82, 2.24) is 0 Å². The molecule has 0 aromatic heterocycles. The highest BCUT2D eigenvalue weighted by molar-refractivity contribution is 6.84. The lowest BCUT2D eigenvalue weighted by atomic mass is 10.0. The molecule has 0 amide bonds. The van der Waals surface area contributed by atoms with E-state index in [2.05, 4.69) is 85.5 Å². The van der Waals surface area contributed by atoms with Gasteiger partial charge in [0, 0.05) is 38.7 Å². The smallest absolute Gasteiger partial charge is 0.305 e. The summed E-state index contributed by atoms with van der Waals surface area (Å²) in [5.74, 6) is -0.0216. The van der Waals surface area contributed by atoms with Crippen molar-refractivity contribution in [3.63, 3.8) is 0 Å². The average molecular weight is 826 g/mol. The molecule has 0 saturated heterocycles. The summed E-state index contributed by atoms with van der Waals surface area (Å²) in [5.41, 5.74) is 4.02. The van der Waals surface area contributed by atoms with E-state index in [0.717, 1.165) is 28.6 Å². The van der Waals surface area contributed by atoms with Crippen LogP contribution < -0.4 is 0 Å². The van der Waals surface area contributed by atoms with Gasteiger partial charge >= 0.3 is 5.97 Å². The largest absolute Gasteiger partial charge is 0.466 e. The first-order valence-corrected chi connectivity index (χ1v) is 38.7. The van der Waals surface area contributed by atoms with Crippen LogP contribution in [0.4, 0.5) is 0 Å². The van der Waals surface area contributed by atoms with Gasteiger partial charge in [0.2, 0.25) is 0 Å². The topological polar surface area (TPSA) is 26.3 Å². The Bertz CT molecular complexity index is 879. The van der Waals surface area contributed by atoms with Gasteiger partial charge in [-0.05, 0) is 35.5 Å². The molecule has 0 rings (SSSR count). The highest BCUT2D eigenvalue weighted by atomic mass is 28.3. The fraction of sp³-hybridized carbons (Fsp3) is 0.979. The molecule has 0 radical (unpaired) electrons. The number of hydrogen-bond donors (Lipinski definition) is 0. The molecule has 2 nitrogen and oxygen atoms in total. The zero-order chi connectivity index (χ0) is 41.1. The normalized spacial score (nSPS) is 15.3. The second-order valence-electron chi connectivity index (χ2n) is 22.4. The summed E-state index contributed by atoms with van der Waals surface area (Å²) in [6, 6.07) is 0. The molecule has 0 aromatic rings. The van der Waals surface area contributed by atoms with Crippen molar-refractivity contribution in [1.29, 1.82) is 0 Å². The lowest BCUT2D eigenvalue weighted by molar-refractivity contribution is -0.143. The molecule has 0 aliphatic carbocycles. The van der Waals surface area contributed by atoms with Crippen molar-refractivity contribution in [2.45, 2.75) is 294 Å². The van der Waals surface area contributed by atoms with Crippen molar-refractivity contribution in [3.8, 4) is 0 Å². The molecule has 0 aromatic carbocycles. The van der Waals surface area contributed by atoms with Crippen LogP contribution in [0.2, 0.25) is 101 Å². The van der Waals surface area contributed by atoms with Crippen LogP contribution >= 0.6 is 0 Å². The maximum absolute atomic E-state index is 11.5. The number of hydrogen-bond acceptors (Lipinski definition) is 2. The molecule has 0 fully saturated rings. The van der Waals surface area contributed by atoms with Gasteiger partial charge < -0.3 is 4.74 Å². The standard InChI is InChI=1S/C48H104O2Si4/c1-15-17-18-19-20-21-22-23-26-29-32-35-39-44(51(3,4)5)46(53(9,10)11)41-38-42-47(54(12,13)14)45(52(6,7)8)40-36-33-30-27-24-25-28-31-34-37-43-48(49)50-16-2/h44-47H,15-43H2,1-14H3. The van der Waals surface area contributed by atoms with E-state index in [1.807, 2.05) is 6.92 Å². The van der Waals surface area contributed by atoms with Crippen LogP contribution in [0.3, 0.4) is 0 Å². The van der Waals surface area contributed by atoms with Crippen molar-refractivity contribution in [2.75, 3.05) is 6.61 Å². The third-order valence-corrected chi connectivity index (χ3v) is 25.6. The van der Waals surface area contributed by atoms with Gasteiger partial charge in [-0.1, -0.05) is 252 Å². The molecule has 0 aliphatic heterocycles. The minimum atomic E-state index is -1.27. The summed E-state index contributed by atoms with van der Waals surface area (Å²) in [7, 11) is -5.03. The first kappa shape index (κ1) is 54.3. The average Bonchev–Trinajstić information content (AvgIpc) is 3.04. The Kier molecular flexibility index (Phi) is 30.6. The van der Waals surface area contributed by atoms with Crippen molar-refractivity contribution in [2.24, 2.45) is 0 Å². The second kappa shape index (κ2) is 30.4. The summed E-state index contributed by atoms with van der Waals surface area (Å²) < 4.78 is 5.05. The summed E-state index contributed by atoms with van der Waals surface area (Å²) in [4.78, 5) is 11.5.